The van der Waals surface area contributed by atoms with E-state index in [1.165, 1.54) is 18.4 Å². The highest BCUT2D eigenvalue weighted by atomic mass is 28.4. The quantitative estimate of drug-likeness (QED) is 0.166. The van der Waals surface area contributed by atoms with E-state index in [4.69, 9.17) is 13.9 Å². The molecule has 3 nitrogen and oxygen atoms in total. The zero-order chi connectivity index (χ0) is 21.8. The Labute approximate surface area is 176 Å². The standard InChI is InChI=1S/C24H46O3Si/c1-11-13-14-15-16-17-26-19-20(3)18-21(4)23(22(12-2)25-8)27-28(9,10)24(5,6)7/h11-12,18,21-23H,1-2,13-17,19H2,3-10H3/t21-,22+,23+/m1/s1. The van der Waals surface area contributed by atoms with Gasteiger partial charge in [-0.05, 0) is 44.3 Å². The third-order valence-electron chi connectivity index (χ3n) is 5.66. The molecule has 0 amide bonds. The van der Waals surface area contributed by atoms with Gasteiger partial charge >= 0.3 is 0 Å². The van der Waals surface area contributed by atoms with Crippen molar-refractivity contribution in [3.8, 4) is 0 Å². The topological polar surface area (TPSA) is 27.7 Å². The van der Waals surface area contributed by atoms with Crippen LogP contribution in [-0.4, -0.2) is 40.8 Å². The van der Waals surface area contributed by atoms with Crippen LogP contribution in [0, 0.1) is 5.92 Å². The van der Waals surface area contributed by atoms with Crippen LogP contribution in [0.5, 0.6) is 0 Å². The molecule has 0 radical (unpaired) electrons. The summed E-state index contributed by atoms with van der Waals surface area (Å²) in [6.45, 7) is 24.9. The van der Waals surface area contributed by atoms with E-state index in [9.17, 15) is 0 Å². The zero-order valence-corrected chi connectivity index (χ0v) is 20.8. The third kappa shape index (κ3) is 10.2. The second-order valence-electron chi connectivity index (χ2n) is 9.34. The van der Waals surface area contributed by atoms with Crippen LogP contribution >= 0.6 is 0 Å². The Morgan fingerprint density at radius 2 is 1.75 bits per heavy atom. The lowest BCUT2D eigenvalue weighted by molar-refractivity contribution is 0.00582. The van der Waals surface area contributed by atoms with Gasteiger partial charge in [0.05, 0.1) is 12.7 Å². The molecule has 0 saturated carbocycles. The van der Waals surface area contributed by atoms with Gasteiger partial charge in [0.1, 0.15) is 6.10 Å². The van der Waals surface area contributed by atoms with Crippen molar-refractivity contribution in [1.82, 2.24) is 0 Å². The van der Waals surface area contributed by atoms with E-state index in [0.717, 1.165) is 19.4 Å². The molecule has 0 aromatic rings. The molecule has 0 aromatic heterocycles. The van der Waals surface area contributed by atoms with Gasteiger partial charge in [-0.15, -0.1) is 13.2 Å². The van der Waals surface area contributed by atoms with E-state index < -0.39 is 8.32 Å². The largest absolute Gasteiger partial charge is 0.410 e. The maximum absolute atomic E-state index is 6.74. The molecule has 4 heteroatoms. The van der Waals surface area contributed by atoms with Crippen molar-refractivity contribution in [2.75, 3.05) is 20.3 Å². The van der Waals surface area contributed by atoms with Crippen LogP contribution in [-0.2, 0) is 13.9 Å². The number of ether oxygens (including phenoxy) is 2. The van der Waals surface area contributed by atoms with Crippen LogP contribution in [0.15, 0.2) is 37.0 Å². The van der Waals surface area contributed by atoms with Crippen LogP contribution in [0.1, 0.15) is 60.3 Å². The molecular weight excluding hydrogens is 364 g/mol. The van der Waals surface area contributed by atoms with Crippen molar-refractivity contribution in [2.24, 2.45) is 5.92 Å². The molecule has 0 aliphatic rings. The number of unbranched alkanes of at least 4 members (excludes halogenated alkanes) is 3. The second kappa shape index (κ2) is 13.5. The molecule has 0 heterocycles. The normalized spacial score (nSPS) is 16.5. The first-order valence-electron chi connectivity index (χ1n) is 10.7. The first kappa shape index (κ1) is 27.3. The molecular formula is C24H46O3Si. The summed E-state index contributed by atoms with van der Waals surface area (Å²) >= 11 is 0. The fourth-order valence-corrected chi connectivity index (χ4v) is 4.23. The Hall–Kier alpha value is -0.683. The van der Waals surface area contributed by atoms with E-state index in [1.807, 2.05) is 12.2 Å². The van der Waals surface area contributed by atoms with Crippen LogP contribution in [0.2, 0.25) is 18.1 Å². The summed E-state index contributed by atoms with van der Waals surface area (Å²) < 4.78 is 18.3. The fraction of sp³-hybridized carbons (Fsp3) is 0.750. The van der Waals surface area contributed by atoms with Gasteiger partial charge in [0.25, 0.3) is 0 Å². The molecule has 0 bridgehead atoms. The van der Waals surface area contributed by atoms with Gasteiger partial charge < -0.3 is 13.9 Å². The van der Waals surface area contributed by atoms with E-state index in [2.05, 4.69) is 66.9 Å². The molecule has 0 aliphatic heterocycles. The smallest absolute Gasteiger partial charge is 0.192 e. The summed E-state index contributed by atoms with van der Waals surface area (Å²) in [6, 6.07) is 0. The minimum absolute atomic E-state index is 0.0442. The Balaban J connectivity index is 4.89. The van der Waals surface area contributed by atoms with Crippen molar-refractivity contribution in [3.63, 3.8) is 0 Å². The van der Waals surface area contributed by atoms with Gasteiger partial charge in [-0.25, -0.2) is 0 Å². The number of rotatable bonds is 15. The van der Waals surface area contributed by atoms with Gasteiger partial charge in [-0.1, -0.05) is 57.9 Å². The maximum Gasteiger partial charge on any atom is 0.192 e. The molecule has 0 N–H and O–H groups in total. The molecule has 0 spiro atoms. The lowest BCUT2D eigenvalue weighted by atomic mass is 9.97. The SMILES string of the molecule is C=CCCCCCOCC(C)=C[C@@H](C)[C@H](O[Si](C)(C)C(C)(C)C)[C@H](C=C)OC. The first-order valence-corrected chi connectivity index (χ1v) is 13.6. The van der Waals surface area contributed by atoms with E-state index in [1.54, 1.807) is 7.11 Å². The Kier molecular flexibility index (Phi) is 13.2. The molecule has 28 heavy (non-hydrogen) atoms. The van der Waals surface area contributed by atoms with Gasteiger partial charge in [0.15, 0.2) is 8.32 Å². The van der Waals surface area contributed by atoms with Gasteiger partial charge in [-0.3, -0.25) is 0 Å². The van der Waals surface area contributed by atoms with Crippen molar-refractivity contribution >= 4 is 8.32 Å². The predicted octanol–water partition coefficient (Wildman–Crippen LogP) is 6.92. The second-order valence-corrected chi connectivity index (χ2v) is 14.1. The maximum atomic E-state index is 6.74. The lowest BCUT2D eigenvalue weighted by Crippen LogP contribution is -2.49. The average molecular weight is 411 g/mol. The highest BCUT2D eigenvalue weighted by Gasteiger charge is 2.41. The predicted molar refractivity (Wildman–Crippen MR) is 125 cm³/mol. The zero-order valence-electron chi connectivity index (χ0n) is 19.8. The third-order valence-corrected chi connectivity index (χ3v) is 10.1. The average Bonchev–Trinajstić information content (AvgIpc) is 2.60. The monoisotopic (exact) mass is 410 g/mol. The summed E-state index contributed by atoms with van der Waals surface area (Å²) in [5, 5.41) is 0.151. The van der Waals surface area contributed by atoms with Crippen LogP contribution in [0.4, 0.5) is 0 Å². The van der Waals surface area contributed by atoms with Crippen LogP contribution in [0.3, 0.4) is 0 Å². The Morgan fingerprint density at radius 3 is 2.25 bits per heavy atom. The molecule has 3 atom stereocenters. The lowest BCUT2D eigenvalue weighted by Gasteiger charge is -2.42. The van der Waals surface area contributed by atoms with E-state index >= 15 is 0 Å². The summed E-state index contributed by atoms with van der Waals surface area (Å²) in [5.74, 6) is 0.216. The number of allylic oxidation sites excluding steroid dienone is 1. The summed E-state index contributed by atoms with van der Waals surface area (Å²) in [5.41, 5.74) is 1.24. The summed E-state index contributed by atoms with van der Waals surface area (Å²) in [4.78, 5) is 0. The fourth-order valence-electron chi connectivity index (χ4n) is 2.85. The van der Waals surface area contributed by atoms with E-state index in [-0.39, 0.29) is 23.2 Å². The van der Waals surface area contributed by atoms with Gasteiger partial charge in [0, 0.05) is 19.6 Å². The molecule has 164 valence electrons. The minimum atomic E-state index is -1.92. The van der Waals surface area contributed by atoms with Gasteiger partial charge in [-0.2, -0.15) is 0 Å². The first-order chi connectivity index (χ1) is 13.0. The molecule has 0 aromatic carbocycles. The van der Waals surface area contributed by atoms with Crippen molar-refractivity contribution in [2.45, 2.75) is 90.6 Å². The molecule has 0 aliphatic carbocycles. The number of methoxy groups -OCH3 is 1. The van der Waals surface area contributed by atoms with Gasteiger partial charge in [0.2, 0.25) is 0 Å². The molecule has 0 rings (SSSR count). The summed E-state index contributed by atoms with van der Waals surface area (Å²) in [7, 11) is -0.190. The Bertz CT molecular complexity index is 477. The number of hydrogen-bond acceptors (Lipinski definition) is 3. The van der Waals surface area contributed by atoms with Crippen molar-refractivity contribution in [1.29, 1.82) is 0 Å². The van der Waals surface area contributed by atoms with Crippen LogP contribution in [0.25, 0.3) is 0 Å². The molecule has 0 fully saturated rings. The van der Waals surface area contributed by atoms with E-state index in [0.29, 0.717) is 6.61 Å². The highest BCUT2D eigenvalue weighted by molar-refractivity contribution is 6.74. The highest BCUT2D eigenvalue weighted by Crippen LogP contribution is 2.39. The minimum Gasteiger partial charge on any atom is -0.410 e. The Morgan fingerprint density at radius 1 is 1.11 bits per heavy atom. The summed E-state index contributed by atoms with van der Waals surface area (Å²) in [6.07, 6.45) is 10.5. The number of hydrogen-bond donors (Lipinski definition) is 0. The van der Waals surface area contributed by atoms with Crippen molar-refractivity contribution in [3.05, 3.63) is 37.0 Å². The molecule has 0 unspecified atom stereocenters. The molecule has 0 saturated heterocycles. The van der Waals surface area contributed by atoms with Crippen LogP contribution < -0.4 is 0 Å². The van der Waals surface area contributed by atoms with Crippen molar-refractivity contribution < 1.29 is 13.9 Å².